The van der Waals surface area contributed by atoms with Gasteiger partial charge in [-0.3, -0.25) is 4.79 Å². The van der Waals surface area contributed by atoms with Gasteiger partial charge in [0.25, 0.3) is 0 Å². The molecule has 1 heterocycles. The number of rotatable bonds is 3. The molecule has 1 aromatic rings. The van der Waals surface area contributed by atoms with E-state index in [0.717, 1.165) is 11.1 Å². The molecule has 0 radical (unpaired) electrons. The van der Waals surface area contributed by atoms with E-state index in [4.69, 9.17) is 9.84 Å². The van der Waals surface area contributed by atoms with Crippen LogP contribution in [0, 0.1) is 0 Å². The van der Waals surface area contributed by atoms with Crippen molar-refractivity contribution in [1.82, 2.24) is 0 Å². The second kappa shape index (κ2) is 5.04. The third kappa shape index (κ3) is 2.77. The van der Waals surface area contributed by atoms with E-state index in [2.05, 4.69) is 0 Å². The van der Waals surface area contributed by atoms with Crippen LogP contribution in [-0.2, 0) is 16.0 Å². The molecule has 0 saturated carbocycles. The molecule has 0 bridgehead atoms. The molecule has 0 amide bonds. The molecule has 4 nitrogen and oxygen atoms in total. The minimum absolute atomic E-state index is 0.00471. The predicted octanol–water partition coefficient (Wildman–Crippen LogP) is 2.07. The highest BCUT2D eigenvalue weighted by atomic mass is 16.5. The molecule has 0 fully saturated rings. The number of carboxylic acid groups (broad SMARTS) is 1. The van der Waals surface area contributed by atoms with Gasteiger partial charge in [0.2, 0.25) is 0 Å². The van der Waals surface area contributed by atoms with Crippen LogP contribution in [0.15, 0.2) is 24.3 Å². The number of aryl methyl sites for hydroxylation is 1. The van der Waals surface area contributed by atoms with Gasteiger partial charge >= 0.3 is 5.97 Å². The number of aliphatic carboxylic acids is 1. The number of hydrogen-bond donors (Lipinski definition) is 1. The lowest BCUT2D eigenvalue weighted by molar-refractivity contribution is -0.145. The van der Waals surface area contributed by atoms with Crippen molar-refractivity contribution in [3.8, 4) is 5.75 Å². The standard InChI is InChI=1S/C14H14O4/c1-9(15)2-3-10-4-6-12-11(8-10)5-7-13(18-12)14(16)17/h2-4,6,8,13H,5,7H2,1H3,(H,16,17)/b3-2+. The Labute approximate surface area is 105 Å². The molecule has 0 spiro atoms. The van der Waals surface area contributed by atoms with Crippen LogP contribution in [0.4, 0.5) is 0 Å². The van der Waals surface area contributed by atoms with Gasteiger partial charge in [0.15, 0.2) is 11.9 Å². The molecule has 0 saturated heterocycles. The molecule has 1 aromatic carbocycles. The molecule has 94 valence electrons. The summed E-state index contributed by atoms with van der Waals surface area (Å²) in [6, 6.07) is 5.49. The molecule has 1 unspecified atom stereocenters. The van der Waals surface area contributed by atoms with Crippen LogP contribution in [-0.4, -0.2) is 23.0 Å². The molecule has 0 aliphatic carbocycles. The van der Waals surface area contributed by atoms with E-state index in [1.54, 1.807) is 12.1 Å². The molecule has 2 rings (SSSR count). The lowest BCUT2D eigenvalue weighted by Gasteiger charge is -2.23. The van der Waals surface area contributed by atoms with Gasteiger partial charge in [-0.1, -0.05) is 12.1 Å². The Hall–Kier alpha value is -2.10. The summed E-state index contributed by atoms with van der Waals surface area (Å²) in [6.07, 6.45) is 3.64. The first-order valence-electron chi connectivity index (χ1n) is 5.77. The summed E-state index contributed by atoms with van der Waals surface area (Å²) in [5.41, 5.74) is 1.90. The molecule has 4 heteroatoms. The van der Waals surface area contributed by atoms with Crippen LogP contribution in [0.1, 0.15) is 24.5 Å². The minimum Gasteiger partial charge on any atom is -0.479 e. The number of ketones is 1. The van der Waals surface area contributed by atoms with Crippen LogP contribution < -0.4 is 4.74 Å². The monoisotopic (exact) mass is 246 g/mol. The molecule has 1 aliphatic heterocycles. The lowest BCUT2D eigenvalue weighted by atomic mass is 10.00. The Kier molecular flexibility index (Phi) is 3.46. The van der Waals surface area contributed by atoms with Crippen molar-refractivity contribution in [2.24, 2.45) is 0 Å². The SMILES string of the molecule is CC(=O)/C=C/c1ccc2c(c1)CCC(C(=O)O)O2. The van der Waals surface area contributed by atoms with Crippen LogP contribution in [0.25, 0.3) is 6.08 Å². The summed E-state index contributed by atoms with van der Waals surface area (Å²) in [7, 11) is 0. The molecule has 0 aromatic heterocycles. The number of carbonyl (C=O) groups is 2. The van der Waals surface area contributed by atoms with Crippen molar-refractivity contribution in [2.75, 3.05) is 0 Å². The van der Waals surface area contributed by atoms with Crippen LogP contribution in [0.3, 0.4) is 0 Å². The summed E-state index contributed by atoms with van der Waals surface area (Å²) >= 11 is 0. The third-order valence-electron chi connectivity index (χ3n) is 2.82. The van der Waals surface area contributed by atoms with Crippen molar-refractivity contribution in [3.05, 3.63) is 35.4 Å². The fourth-order valence-electron chi connectivity index (χ4n) is 1.90. The highest BCUT2D eigenvalue weighted by molar-refractivity contribution is 5.91. The van der Waals surface area contributed by atoms with Crippen molar-refractivity contribution < 1.29 is 19.4 Å². The predicted molar refractivity (Wildman–Crippen MR) is 66.5 cm³/mol. The maximum absolute atomic E-state index is 10.8. The van der Waals surface area contributed by atoms with E-state index in [0.29, 0.717) is 18.6 Å². The highest BCUT2D eigenvalue weighted by Crippen LogP contribution is 2.28. The number of benzene rings is 1. The van der Waals surface area contributed by atoms with Crippen molar-refractivity contribution in [2.45, 2.75) is 25.9 Å². The number of carbonyl (C=O) groups excluding carboxylic acids is 1. The largest absolute Gasteiger partial charge is 0.479 e. The van der Waals surface area contributed by atoms with Gasteiger partial charge in [-0.25, -0.2) is 4.79 Å². The molecule has 18 heavy (non-hydrogen) atoms. The van der Waals surface area contributed by atoms with E-state index in [-0.39, 0.29) is 5.78 Å². The summed E-state index contributed by atoms with van der Waals surface area (Å²) in [4.78, 5) is 21.7. The van der Waals surface area contributed by atoms with E-state index >= 15 is 0 Å². The Morgan fingerprint density at radius 2 is 2.22 bits per heavy atom. The van der Waals surface area contributed by atoms with Gasteiger partial charge in [-0.15, -0.1) is 0 Å². The van der Waals surface area contributed by atoms with Crippen LogP contribution in [0.5, 0.6) is 5.75 Å². The topological polar surface area (TPSA) is 63.6 Å². The fraction of sp³-hybridized carbons (Fsp3) is 0.286. The molecule has 1 N–H and O–H groups in total. The Morgan fingerprint density at radius 1 is 1.44 bits per heavy atom. The third-order valence-corrected chi connectivity index (χ3v) is 2.82. The molecule has 1 aliphatic rings. The lowest BCUT2D eigenvalue weighted by Crippen LogP contribution is -2.30. The van der Waals surface area contributed by atoms with Crippen molar-refractivity contribution >= 4 is 17.8 Å². The molecular formula is C14H14O4. The number of ether oxygens (including phenoxy) is 1. The number of hydrogen-bond acceptors (Lipinski definition) is 3. The minimum atomic E-state index is -0.929. The smallest absolute Gasteiger partial charge is 0.344 e. The Balaban J connectivity index is 2.20. The average Bonchev–Trinajstić information content (AvgIpc) is 2.35. The number of allylic oxidation sites excluding steroid dienone is 1. The fourth-order valence-corrected chi connectivity index (χ4v) is 1.90. The maximum Gasteiger partial charge on any atom is 0.344 e. The van der Waals surface area contributed by atoms with Gasteiger partial charge in [-0.05, 0) is 49.1 Å². The Bertz CT molecular complexity index is 517. The summed E-state index contributed by atoms with van der Waals surface area (Å²) in [5, 5.41) is 8.89. The zero-order valence-electron chi connectivity index (χ0n) is 10.1. The zero-order valence-corrected chi connectivity index (χ0v) is 10.1. The zero-order chi connectivity index (χ0) is 13.1. The second-order valence-electron chi connectivity index (χ2n) is 4.29. The number of fused-ring (bicyclic) bond motifs is 1. The maximum atomic E-state index is 10.8. The second-order valence-corrected chi connectivity index (χ2v) is 4.29. The Morgan fingerprint density at radius 3 is 2.89 bits per heavy atom. The quantitative estimate of drug-likeness (QED) is 0.829. The first kappa shape index (κ1) is 12.4. The first-order chi connectivity index (χ1) is 8.56. The van der Waals surface area contributed by atoms with Gasteiger partial charge in [0.05, 0.1) is 0 Å². The van der Waals surface area contributed by atoms with Gasteiger partial charge in [0, 0.05) is 0 Å². The summed E-state index contributed by atoms with van der Waals surface area (Å²) in [6.45, 7) is 1.50. The number of carboxylic acids is 1. The van der Waals surface area contributed by atoms with E-state index in [9.17, 15) is 9.59 Å². The van der Waals surface area contributed by atoms with Crippen molar-refractivity contribution in [1.29, 1.82) is 0 Å². The van der Waals surface area contributed by atoms with E-state index in [1.807, 2.05) is 12.1 Å². The van der Waals surface area contributed by atoms with Gasteiger partial charge < -0.3 is 9.84 Å². The summed E-state index contributed by atoms with van der Waals surface area (Å²) in [5.74, 6) is -0.315. The van der Waals surface area contributed by atoms with Gasteiger partial charge in [0.1, 0.15) is 5.75 Å². The average molecular weight is 246 g/mol. The van der Waals surface area contributed by atoms with Gasteiger partial charge in [-0.2, -0.15) is 0 Å². The normalized spacial score (nSPS) is 18.2. The molecular weight excluding hydrogens is 232 g/mol. The van der Waals surface area contributed by atoms with Crippen LogP contribution in [0.2, 0.25) is 0 Å². The summed E-state index contributed by atoms with van der Waals surface area (Å²) < 4.78 is 5.38. The first-order valence-corrected chi connectivity index (χ1v) is 5.77. The highest BCUT2D eigenvalue weighted by Gasteiger charge is 2.25. The van der Waals surface area contributed by atoms with Crippen molar-refractivity contribution in [3.63, 3.8) is 0 Å². The van der Waals surface area contributed by atoms with E-state index < -0.39 is 12.1 Å². The van der Waals surface area contributed by atoms with E-state index in [1.165, 1.54) is 13.0 Å². The molecule has 1 atom stereocenters. The van der Waals surface area contributed by atoms with Crippen LogP contribution >= 0.6 is 0 Å².